The Morgan fingerprint density at radius 2 is 2.24 bits per heavy atom. The number of nitrogens with zero attached hydrogens (tertiary/aromatic N) is 3. The van der Waals surface area contributed by atoms with Crippen molar-refractivity contribution in [1.29, 1.82) is 0 Å². The lowest BCUT2D eigenvalue weighted by atomic mass is 10.1. The summed E-state index contributed by atoms with van der Waals surface area (Å²) < 4.78 is 6.70. The zero-order valence-corrected chi connectivity index (χ0v) is 11.5. The Kier molecular flexibility index (Phi) is 2.99. The number of ketones is 1. The highest BCUT2D eigenvalue weighted by Gasteiger charge is 2.29. The highest BCUT2D eigenvalue weighted by molar-refractivity contribution is 6.31. The molecule has 1 aliphatic heterocycles. The van der Waals surface area contributed by atoms with E-state index in [4.69, 9.17) is 16.3 Å². The highest BCUT2D eigenvalue weighted by Crippen LogP contribution is 2.33. The minimum atomic E-state index is -0.555. The van der Waals surface area contributed by atoms with Crippen LogP contribution in [0.15, 0.2) is 30.2 Å². The second-order valence-electron chi connectivity index (χ2n) is 4.37. The van der Waals surface area contributed by atoms with Crippen LogP contribution in [0.2, 0.25) is 5.02 Å². The van der Waals surface area contributed by atoms with Crippen LogP contribution in [-0.2, 0) is 7.05 Å². The van der Waals surface area contributed by atoms with E-state index in [0.29, 0.717) is 16.3 Å². The molecule has 2 aromatic rings. The molecule has 1 aromatic heterocycles. The van der Waals surface area contributed by atoms with E-state index in [1.54, 1.807) is 12.1 Å². The molecule has 21 heavy (non-hydrogen) atoms. The van der Waals surface area contributed by atoms with Crippen LogP contribution in [-0.4, -0.2) is 20.3 Å². The normalized spacial score (nSPS) is 15.1. The van der Waals surface area contributed by atoms with Crippen LogP contribution >= 0.6 is 11.6 Å². The molecule has 8 heteroatoms. The molecule has 0 N–H and O–H groups in total. The summed E-state index contributed by atoms with van der Waals surface area (Å²) in [7, 11) is 1.49. The predicted molar refractivity (Wildman–Crippen MR) is 74.2 cm³/mol. The lowest BCUT2D eigenvalue weighted by Crippen LogP contribution is -2.02. The number of allylic oxidation sites excluding steroid dienone is 1. The summed E-state index contributed by atoms with van der Waals surface area (Å²) in [5, 5.41) is 11.2. The molecular formula is C13H8ClN3O4. The second kappa shape index (κ2) is 4.71. The Labute approximate surface area is 123 Å². The largest absolute Gasteiger partial charge is 0.452 e. The minimum absolute atomic E-state index is 0.0517. The lowest BCUT2D eigenvalue weighted by Gasteiger charge is -1.97. The fourth-order valence-corrected chi connectivity index (χ4v) is 2.17. The van der Waals surface area contributed by atoms with E-state index in [-0.39, 0.29) is 23.2 Å². The average Bonchev–Trinajstić information content (AvgIpc) is 2.94. The molecule has 1 aliphatic rings. The first-order chi connectivity index (χ1) is 9.97. The number of hydrogen-bond donors (Lipinski definition) is 0. The SMILES string of the molecule is Cn1c([N+](=O)[O-])cnc1/C=C1\Oc2ccc(Cl)cc2C1=O. The number of halogens is 1. The van der Waals surface area contributed by atoms with Crippen molar-refractivity contribution in [3.8, 4) is 5.75 Å². The van der Waals surface area contributed by atoms with Crippen molar-refractivity contribution in [3.05, 3.63) is 56.7 Å². The molecule has 0 bridgehead atoms. The lowest BCUT2D eigenvalue weighted by molar-refractivity contribution is -0.391. The molecule has 0 spiro atoms. The molecular weight excluding hydrogens is 298 g/mol. The van der Waals surface area contributed by atoms with E-state index in [0.717, 1.165) is 6.20 Å². The number of hydrogen-bond acceptors (Lipinski definition) is 5. The van der Waals surface area contributed by atoms with Gasteiger partial charge in [0.1, 0.15) is 11.9 Å². The van der Waals surface area contributed by atoms with Gasteiger partial charge in [0.05, 0.1) is 18.7 Å². The first kappa shape index (κ1) is 13.3. The van der Waals surface area contributed by atoms with Gasteiger partial charge in [0.15, 0.2) is 5.76 Å². The Morgan fingerprint density at radius 3 is 2.90 bits per heavy atom. The fourth-order valence-electron chi connectivity index (χ4n) is 2.00. The smallest absolute Gasteiger partial charge is 0.342 e. The standard InChI is InChI=1S/C13H8ClN3O4/c1-16-11(15-6-12(16)17(19)20)5-10-13(18)8-4-7(14)2-3-9(8)21-10/h2-6H,1H3/b10-5-. The van der Waals surface area contributed by atoms with Crippen molar-refractivity contribution in [3.63, 3.8) is 0 Å². The third kappa shape index (κ3) is 2.17. The van der Waals surface area contributed by atoms with Crippen LogP contribution in [0.5, 0.6) is 5.75 Å². The first-order valence-corrected chi connectivity index (χ1v) is 6.25. The Hall–Kier alpha value is -2.67. The topological polar surface area (TPSA) is 87.3 Å². The van der Waals surface area contributed by atoms with Gasteiger partial charge in [-0.1, -0.05) is 11.6 Å². The number of ether oxygens (including phenoxy) is 1. The molecule has 2 heterocycles. The van der Waals surface area contributed by atoms with Gasteiger partial charge in [0.2, 0.25) is 11.6 Å². The first-order valence-electron chi connectivity index (χ1n) is 5.87. The van der Waals surface area contributed by atoms with Gasteiger partial charge >= 0.3 is 5.82 Å². The molecule has 0 unspecified atom stereocenters. The van der Waals surface area contributed by atoms with Crippen molar-refractivity contribution in [1.82, 2.24) is 9.55 Å². The van der Waals surface area contributed by atoms with Crippen molar-refractivity contribution in [2.75, 3.05) is 0 Å². The van der Waals surface area contributed by atoms with Crippen molar-refractivity contribution >= 4 is 29.3 Å². The Bertz CT molecular complexity index is 810. The van der Waals surface area contributed by atoms with Gasteiger partial charge in [0, 0.05) is 5.02 Å². The fraction of sp³-hybridized carbons (Fsp3) is 0.0769. The average molecular weight is 306 g/mol. The molecule has 0 radical (unpaired) electrons. The van der Waals surface area contributed by atoms with Crippen LogP contribution in [0.25, 0.3) is 6.08 Å². The molecule has 0 amide bonds. The van der Waals surface area contributed by atoms with E-state index in [1.165, 1.54) is 23.8 Å². The number of carbonyl (C=O) groups excluding carboxylic acids is 1. The number of carbonyl (C=O) groups is 1. The number of nitro groups is 1. The van der Waals surface area contributed by atoms with E-state index in [1.807, 2.05) is 0 Å². The number of aromatic nitrogens is 2. The third-order valence-corrected chi connectivity index (χ3v) is 3.31. The van der Waals surface area contributed by atoms with Crippen molar-refractivity contribution < 1.29 is 14.5 Å². The van der Waals surface area contributed by atoms with Gasteiger partial charge in [-0.25, -0.2) is 9.55 Å². The molecule has 0 fully saturated rings. The van der Waals surface area contributed by atoms with Crippen molar-refractivity contribution in [2.24, 2.45) is 7.05 Å². The van der Waals surface area contributed by atoms with E-state index in [9.17, 15) is 14.9 Å². The number of Topliss-reactive ketones (excluding diaryl/α,β-unsaturated/α-hetero) is 1. The molecule has 1 aromatic carbocycles. The van der Waals surface area contributed by atoms with Gasteiger partial charge in [-0.2, -0.15) is 0 Å². The molecule has 7 nitrogen and oxygen atoms in total. The van der Waals surface area contributed by atoms with Gasteiger partial charge in [0.25, 0.3) is 0 Å². The maximum atomic E-state index is 12.2. The monoisotopic (exact) mass is 305 g/mol. The summed E-state index contributed by atoms with van der Waals surface area (Å²) in [6.07, 6.45) is 2.49. The second-order valence-corrected chi connectivity index (χ2v) is 4.81. The predicted octanol–water partition coefficient (Wildman–Crippen LogP) is 2.60. The van der Waals surface area contributed by atoms with Gasteiger partial charge in [-0.05, 0) is 23.1 Å². The summed E-state index contributed by atoms with van der Waals surface area (Å²) in [6.45, 7) is 0. The molecule has 3 rings (SSSR count). The van der Waals surface area contributed by atoms with E-state index in [2.05, 4.69) is 4.98 Å². The van der Waals surface area contributed by atoms with E-state index < -0.39 is 4.92 Å². The zero-order chi connectivity index (χ0) is 15.1. The van der Waals surface area contributed by atoms with Gasteiger partial charge < -0.3 is 14.9 Å². The summed E-state index contributed by atoms with van der Waals surface area (Å²) >= 11 is 5.84. The maximum absolute atomic E-state index is 12.2. The summed E-state index contributed by atoms with van der Waals surface area (Å²) in [5.41, 5.74) is 0.359. The molecule has 0 saturated carbocycles. The number of rotatable bonds is 2. The quantitative estimate of drug-likeness (QED) is 0.483. The minimum Gasteiger partial charge on any atom is -0.452 e. The summed E-state index contributed by atoms with van der Waals surface area (Å²) in [5.74, 6) is 0.199. The maximum Gasteiger partial charge on any atom is 0.342 e. The highest BCUT2D eigenvalue weighted by atomic mass is 35.5. The van der Waals surface area contributed by atoms with Crippen LogP contribution in [0.4, 0.5) is 5.82 Å². The van der Waals surface area contributed by atoms with Crippen LogP contribution in [0, 0.1) is 10.1 Å². The van der Waals surface area contributed by atoms with Gasteiger partial charge in [-0.15, -0.1) is 0 Å². The third-order valence-electron chi connectivity index (χ3n) is 3.08. The number of benzene rings is 1. The van der Waals surface area contributed by atoms with Crippen LogP contribution < -0.4 is 4.74 Å². The zero-order valence-electron chi connectivity index (χ0n) is 10.7. The van der Waals surface area contributed by atoms with Gasteiger partial charge in [-0.3, -0.25) is 4.79 Å². The van der Waals surface area contributed by atoms with Crippen LogP contribution in [0.3, 0.4) is 0 Å². The molecule has 0 saturated heterocycles. The summed E-state index contributed by atoms with van der Waals surface area (Å²) in [6, 6.07) is 4.72. The molecule has 0 aliphatic carbocycles. The summed E-state index contributed by atoms with van der Waals surface area (Å²) in [4.78, 5) is 26.3. The Balaban J connectivity index is 2.00. The Morgan fingerprint density at radius 1 is 1.48 bits per heavy atom. The number of fused-ring (bicyclic) bond motifs is 1. The molecule has 0 atom stereocenters. The molecule has 106 valence electrons. The van der Waals surface area contributed by atoms with E-state index >= 15 is 0 Å². The van der Waals surface area contributed by atoms with Crippen LogP contribution in [0.1, 0.15) is 16.2 Å². The number of imidazole rings is 1. The van der Waals surface area contributed by atoms with Crippen molar-refractivity contribution in [2.45, 2.75) is 0 Å².